The van der Waals surface area contributed by atoms with Gasteiger partial charge in [-0.25, -0.2) is 0 Å². The number of hydrogen-bond donors (Lipinski definition) is 1. The van der Waals surface area contributed by atoms with E-state index in [9.17, 15) is 4.79 Å². The molecule has 2 atom stereocenters. The summed E-state index contributed by atoms with van der Waals surface area (Å²) in [4.78, 5) is 13.0. The Kier molecular flexibility index (Phi) is 8.21. The second-order valence-corrected chi connectivity index (χ2v) is 4.15. The van der Waals surface area contributed by atoms with Crippen LogP contribution >= 0.6 is 0 Å². The topological polar surface area (TPSA) is 49.8 Å². The van der Waals surface area contributed by atoms with E-state index >= 15 is 0 Å². The molecule has 96 valence electrons. The lowest BCUT2D eigenvalue weighted by Gasteiger charge is -2.34. The Labute approximate surface area is 98.6 Å². The first-order valence-corrected chi connectivity index (χ1v) is 6.03. The van der Waals surface area contributed by atoms with Gasteiger partial charge in [0.1, 0.15) is 0 Å². The van der Waals surface area contributed by atoms with Gasteiger partial charge in [-0.1, -0.05) is 13.8 Å². The molecule has 4 nitrogen and oxygen atoms in total. The number of ether oxygens (including phenoxy) is 1. The van der Waals surface area contributed by atoms with Crippen LogP contribution in [-0.4, -0.2) is 48.3 Å². The molecule has 16 heavy (non-hydrogen) atoms. The maximum atomic E-state index is 10.8. The first kappa shape index (κ1) is 15.4. The van der Waals surface area contributed by atoms with Crippen LogP contribution in [0.25, 0.3) is 0 Å². The molecular weight excluding hydrogens is 206 g/mol. The Morgan fingerprint density at radius 3 is 2.38 bits per heavy atom. The van der Waals surface area contributed by atoms with Gasteiger partial charge in [0.05, 0.1) is 13.0 Å². The first-order valence-electron chi connectivity index (χ1n) is 6.03. The van der Waals surface area contributed by atoms with Gasteiger partial charge in [-0.2, -0.15) is 0 Å². The summed E-state index contributed by atoms with van der Waals surface area (Å²) >= 11 is 0. The number of hydrogen-bond acceptors (Lipinski definition) is 3. The number of rotatable bonds is 9. The van der Waals surface area contributed by atoms with Crippen molar-refractivity contribution in [3.63, 3.8) is 0 Å². The van der Waals surface area contributed by atoms with Crippen molar-refractivity contribution in [3.05, 3.63) is 0 Å². The number of aliphatic carboxylic acids is 1. The van der Waals surface area contributed by atoms with Crippen LogP contribution in [0.4, 0.5) is 0 Å². The van der Waals surface area contributed by atoms with Crippen molar-refractivity contribution < 1.29 is 14.6 Å². The van der Waals surface area contributed by atoms with Crippen molar-refractivity contribution in [2.24, 2.45) is 0 Å². The van der Waals surface area contributed by atoms with Crippen LogP contribution in [0.1, 0.15) is 40.0 Å². The van der Waals surface area contributed by atoms with Crippen molar-refractivity contribution in [3.8, 4) is 0 Å². The van der Waals surface area contributed by atoms with E-state index < -0.39 is 5.97 Å². The third-order valence-electron chi connectivity index (χ3n) is 3.06. The average Bonchev–Trinajstić information content (AvgIpc) is 2.26. The second-order valence-electron chi connectivity index (χ2n) is 4.15. The molecule has 0 aromatic carbocycles. The van der Waals surface area contributed by atoms with E-state index in [1.807, 2.05) is 6.92 Å². The van der Waals surface area contributed by atoms with Gasteiger partial charge in [-0.3, -0.25) is 9.69 Å². The van der Waals surface area contributed by atoms with Gasteiger partial charge >= 0.3 is 5.97 Å². The molecule has 0 bridgehead atoms. The summed E-state index contributed by atoms with van der Waals surface area (Å²) in [6, 6.07) is 0.516. The molecule has 0 saturated carbocycles. The summed E-state index contributed by atoms with van der Waals surface area (Å²) in [7, 11) is 1.67. The monoisotopic (exact) mass is 231 g/mol. The normalized spacial score (nSPS) is 15.1. The summed E-state index contributed by atoms with van der Waals surface area (Å²) in [6.45, 7) is 7.76. The van der Waals surface area contributed by atoms with Crippen molar-refractivity contribution in [2.45, 2.75) is 52.1 Å². The molecular formula is C12H25NO3. The van der Waals surface area contributed by atoms with Crippen LogP contribution in [0, 0.1) is 0 Å². The fourth-order valence-electron chi connectivity index (χ4n) is 1.89. The van der Waals surface area contributed by atoms with Crippen LogP contribution in [-0.2, 0) is 9.53 Å². The van der Waals surface area contributed by atoms with Crippen LogP contribution in [0.15, 0.2) is 0 Å². The number of methoxy groups -OCH3 is 1. The first-order chi connectivity index (χ1) is 7.56. The Bertz CT molecular complexity index is 197. The molecule has 0 aromatic heterocycles. The highest BCUT2D eigenvalue weighted by atomic mass is 16.5. The minimum Gasteiger partial charge on any atom is -0.481 e. The van der Waals surface area contributed by atoms with Crippen LogP contribution in [0.2, 0.25) is 0 Å². The summed E-state index contributed by atoms with van der Waals surface area (Å²) in [5.41, 5.74) is 0. The Morgan fingerprint density at radius 2 is 2.00 bits per heavy atom. The lowest BCUT2D eigenvalue weighted by Crippen LogP contribution is -2.44. The Morgan fingerprint density at radius 1 is 1.38 bits per heavy atom. The number of carboxylic acids is 1. The molecule has 0 aliphatic carbocycles. The zero-order chi connectivity index (χ0) is 12.6. The SMILES string of the molecule is CCC(C)N(CCOC)C(CC)CC(=O)O. The predicted octanol–water partition coefficient (Wildman–Crippen LogP) is 1.99. The van der Waals surface area contributed by atoms with Crippen molar-refractivity contribution >= 4 is 5.97 Å². The molecule has 0 radical (unpaired) electrons. The van der Waals surface area contributed by atoms with Gasteiger partial charge in [0.15, 0.2) is 0 Å². The van der Waals surface area contributed by atoms with Gasteiger partial charge in [0.25, 0.3) is 0 Å². The van der Waals surface area contributed by atoms with Gasteiger partial charge in [0, 0.05) is 25.7 Å². The third kappa shape index (κ3) is 5.47. The summed E-state index contributed by atoms with van der Waals surface area (Å²) < 4.78 is 5.08. The minimum atomic E-state index is -0.724. The van der Waals surface area contributed by atoms with Crippen LogP contribution in [0.3, 0.4) is 0 Å². The smallest absolute Gasteiger partial charge is 0.304 e. The number of nitrogens with zero attached hydrogens (tertiary/aromatic N) is 1. The zero-order valence-electron chi connectivity index (χ0n) is 10.9. The molecule has 0 aliphatic rings. The molecule has 0 aromatic rings. The molecule has 0 heterocycles. The highest BCUT2D eigenvalue weighted by Crippen LogP contribution is 2.14. The Balaban J connectivity index is 4.47. The summed E-state index contributed by atoms with van der Waals surface area (Å²) in [6.07, 6.45) is 2.10. The largest absolute Gasteiger partial charge is 0.481 e. The second kappa shape index (κ2) is 8.53. The van der Waals surface area contributed by atoms with Gasteiger partial charge in [0.2, 0.25) is 0 Å². The maximum Gasteiger partial charge on any atom is 0.304 e. The molecule has 0 rings (SSSR count). The van der Waals surface area contributed by atoms with Gasteiger partial charge in [-0.05, 0) is 19.8 Å². The number of carbonyl (C=O) groups is 1. The molecule has 0 aliphatic heterocycles. The highest BCUT2D eigenvalue weighted by Gasteiger charge is 2.23. The van der Waals surface area contributed by atoms with Gasteiger partial charge in [-0.15, -0.1) is 0 Å². The highest BCUT2D eigenvalue weighted by molar-refractivity contribution is 5.67. The zero-order valence-corrected chi connectivity index (χ0v) is 10.9. The molecule has 0 fully saturated rings. The lowest BCUT2D eigenvalue weighted by molar-refractivity contribution is -0.138. The van der Waals surface area contributed by atoms with E-state index in [0.29, 0.717) is 12.6 Å². The molecule has 0 amide bonds. The minimum absolute atomic E-state index is 0.114. The maximum absolute atomic E-state index is 10.8. The molecule has 0 saturated heterocycles. The summed E-state index contributed by atoms with van der Waals surface area (Å²) in [5.74, 6) is -0.724. The number of carboxylic acid groups (broad SMARTS) is 1. The quantitative estimate of drug-likeness (QED) is 0.659. The van der Waals surface area contributed by atoms with E-state index in [-0.39, 0.29) is 12.5 Å². The van der Waals surface area contributed by atoms with E-state index in [1.54, 1.807) is 7.11 Å². The van der Waals surface area contributed by atoms with E-state index in [1.165, 1.54) is 0 Å². The van der Waals surface area contributed by atoms with Crippen molar-refractivity contribution in [1.82, 2.24) is 4.90 Å². The molecule has 2 unspecified atom stereocenters. The molecule has 4 heteroatoms. The lowest BCUT2D eigenvalue weighted by atomic mass is 10.1. The van der Waals surface area contributed by atoms with E-state index in [2.05, 4.69) is 18.7 Å². The standard InChI is InChI=1S/C12H25NO3/c1-5-10(3)13(7-8-16-4)11(6-2)9-12(14)15/h10-11H,5-9H2,1-4H3,(H,14,15). The average molecular weight is 231 g/mol. The molecule has 0 spiro atoms. The Hall–Kier alpha value is -0.610. The third-order valence-corrected chi connectivity index (χ3v) is 3.06. The fourth-order valence-corrected chi connectivity index (χ4v) is 1.89. The van der Waals surface area contributed by atoms with E-state index in [4.69, 9.17) is 9.84 Å². The van der Waals surface area contributed by atoms with E-state index in [0.717, 1.165) is 19.4 Å². The van der Waals surface area contributed by atoms with Crippen molar-refractivity contribution in [2.75, 3.05) is 20.3 Å². The predicted molar refractivity (Wildman–Crippen MR) is 64.7 cm³/mol. The van der Waals surface area contributed by atoms with Crippen molar-refractivity contribution in [1.29, 1.82) is 0 Å². The van der Waals surface area contributed by atoms with Crippen LogP contribution < -0.4 is 0 Å². The molecule has 1 N–H and O–H groups in total. The summed E-state index contributed by atoms with van der Waals surface area (Å²) in [5, 5.41) is 8.89. The van der Waals surface area contributed by atoms with Crippen LogP contribution in [0.5, 0.6) is 0 Å². The fraction of sp³-hybridized carbons (Fsp3) is 0.917. The van der Waals surface area contributed by atoms with Gasteiger partial charge < -0.3 is 9.84 Å².